The van der Waals surface area contributed by atoms with Crippen LogP contribution in [-0.4, -0.2) is 31.3 Å². The van der Waals surface area contributed by atoms with Gasteiger partial charge in [0.25, 0.3) is 0 Å². The van der Waals surface area contributed by atoms with Crippen LogP contribution < -0.4 is 10.2 Å². The highest BCUT2D eigenvalue weighted by Gasteiger charge is 2.43. The van der Waals surface area contributed by atoms with Gasteiger partial charge in [0.15, 0.2) is 0 Å². The van der Waals surface area contributed by atoms with Gasteiger partial charge in [-0.05, 0) is 37.6 Å². The van der Waals surface area contributed by atoms with Gasteiger partial charge in [0.05, 0.1) is 6.04 Å². The van der Waals surface area contributed by atoms with E-state index >= 15 is 0 Å². The highest BCUT2D eigenvalue weighted by Crippen LogP contribution is 2.29. The van der Waals surface area contributed by atoms with Crippen LogP contribution in [0.15, 0.2) is 24.3 Å². The molecule has 0 spiro atoms. The molecule has 1 aromatic rings. The first kappa shape index (κ1) is 10.6. The number of aryl methyl sites for hydroxylation is 1. The Morgan fingerprint density at radius 3 is 3.18 bits per heavy atom. The summed E-state index contributed by atoms with van der Waals surface area (Å²) in [6.45, 7) is 3.77. The Labute approximate surface area is 101 Å². The number of nitrogens with zero attached hydrogens (tertiary/aromatic N) is 1. The molecule has 1 aromatic carbocycles. The predicted octanol–water partition coefficient (Wildman–Crippen LogP) is 1.68. The molecule has 1 amide bonds. The Bertz CT molecular complexity index is 447. The van der Waals surface area contributed by atoms with Crippen LogP contribution in [0.4, 0.5) is 10.5 Å². The number of benzene rings is 1. The van der Waals surface area contributed by atoms with Crippen molar-refractivity contribution in [3.63, 3.8) is 0 Å². The van der Waals surface area contributed by atoms with Gasteiger partial charge in [-0.2, -0.15) is 0 Å². The van der Waals surface area contributed by atoms with Crippen molar-refractivity contribution >= 4 is 11.8 Å². The number of carbonyl (C=O) groups excluding carboxylic acids is 1. The summed E-state index contributed by atoms with van der Waals surface area (Å²) in [5.41, 5.74) is 2.09. The average molecular weight is 232 g/mol. The number of anilines is 1. The van der Waals surface area contributed by atoms with E-state index in [1.165, 1.54) is 0 Å². The fourth-order valence-corrected chi connectivity index (χ4v) is 2.61. The van der Waals surface area contributed by atoms with Crippen LogP contribution >= 0.6 is 0 Å². The Morgan fingerprint density at radius 1 is 1.47 bits per heavy atom. The standard InChI is InChI=1S/C13H16N2O2/c1-9-3-2-4-10(7-9)15-11-8-14-6-5-12(11)17-13(15)16/h2-4,7,11-12,14H,5-6,8H2,1H3. The van der Waals surface area contributed by atoms with Crippen molar-refractivity contribution in [3.05, 3.63) is 29.8 Å². The number of nitrogens with one attached hydrogen (secondary N) is 1. The molecule has 0 aromatic heterocycles. The lowest BCUT2D eigenvalue weighted by Gasteiger charge is -2.28. The van der Waals surface area contributed by atoms with Crippen LogP contribution in [0.1, 0.15) is 12.0 Å². The maximum Gasteiger partial charge on any atom is 0.415 e. The second kappa shape index (κ2) is 4.04. The molecule has 2 fully saturated rings. The third-order valence-electron chi connectivity index (χ3n) is 3.45. The smallest absolute Gasteiger partial charge is 0.415 e. The average Bonchev–Trinajstić information content (AvgIpc) is 2.64. The van der Waals surface area contributed by atoms with Crippen LogP contribution in [0.2, 0.25) is 0 Å². The van der Waals surface area contributed by atoms with Crippen LogP contribution in [0.3, 0.4) is 0 Å². The molecule has 4 heteroatoms. The molecule has 90 valence electrons. The Kier molecular flexibility index (Phi) is 2.52. The summed E-state index contributed by atoms with van der Waals surface area (Å²) >= 11 is 0. The summed E-state index contributed by atoms with van der Waals surface area (Å²) < 4.78 is 5.42. The number of ether oxygens (including phenoxy) is 1. The topological polar surface area (TPSA) is 41.6 Å². The van der Waals surface area contributed by atoms with Crippen molar-refractivity contribution in [1.82, 2.24) is 5.32 Å². The lowest BCUT2D eigenvalue weighted by atomic mass is 10.0. The zero-order chi connectivity index (χ0) is 11.8. The monoisotopic (exact) mass is 232 g/mol. The molecule has 2 heterocycles. The fraction of sp³-hybridized carbons (Fsp3) is 0.462. The van der Waals surface area contributed by atoms with Crippen molar-refractivity contribution in [2.24, 2.45) is 0 Å². The Balaban J connectivity index is 1.93. The van der Waals surface area contributed by atoms with E-state index in [0.717, 1.165) is 30.8 Å². The maximum absolute atomic E-state index is 11.9. The van der Waals surface area contributed by atoms with E-state index in [1.807, 2.05) is 31.2 Å². The molecule has 2 saturated heterocycles. The summed E-state index contributed by atoms with van der Waals surface area (Å²) in [6, 6.07) is 8.13. The number of piperidine rings is 1. The number of amides is 1. The number of fused-ring (bicyclic) bond motifs is 1. The van der Waals surface area contributed by atoms with Crippen molar-refractivity contribution in [2.75, 3.05) is 18.0 Å². The third-order valence-corrected chi connectivity index (χ3v) is 3.45. The van der Waals surface area contributed by atoms with Crippen molar-refractivity contribution in [3.8, 4) is 0 Å². The Morgan fingerprint density at radius 2 is 2.35 bits per heavy atom. The Hall–Kier alpha value is -1.55. The number of hydrogen-bond acceptors (Lipinski definition) is 3. The maximum atomic E-state index is 11.9. The zero-order valence-electron chi connectivity index (χ0n) is 9.85. The first-order valence-corrected chi connectivity index (χ1v) is 6.03. The lowest BCUT2D eigenvalue weighted by Crippen LogP contribution is -2.49. The van der Waals surface area contributed by atoms with Crippen molar-refractivity contribution in [1.29, 1.82) is 0 Å². The fourth-order valence-electron chi connectivity index (χ4n) is 2.61. The molecule has 17 heavy (non-hydrogen) atoms. The number of carbonyl (C=O) groups is 1. The van der Waals surface area contributed by atoms with Gasteiger partial charge >= 0.3 is 6.09 Å². The van der Waals surface area contributed by atoms with E-state index in [1.54, 1.807) is 4.90 Å². The van der Waals surface area contributed by atoms with Crippen LogP contribution in [-0.2, 0) is 4.74 Å². The second-order valence-electron chi connectivity index (χ2n) is 4.69. The zero-order valence-corrected chi connectivity index (χ0v) is 9.85. The lowest BCUT2D eigenvalue weighted by molar-refractivity contribution is 0.117. The van der Waals surface area contributed by atoms with Crippen molar-refractivity contribution in [2.45, 2.75) is 25.5 Å². The van der Waals surface area contributed by atoms with Gasteiger partial charge in [-0.3, -0.25) is 4.90 Å². The molecule has 2 unspecified atom stereocenters. The summed E-state index contributed by atoms with van der Waals surface area (Å²) in [5.74, 6) is 0. The molecule has 1 N–H and O–H groups in total. The third kappa shape index (κ3) is 1.78. The number of rotatable bonds is 1. The summed E-state index contributed by atoms with van der Waals surface area (Å²) in [4.78, 5) is 13.7. The van der Waals surface area contributed by atoms with E-state index in [0.29, 0.717) is 0 Å². The molecular formula is C13H16N2O2. The SMILES string of the molecule is Cc1cccc(N2C(=O)OC3CCNCC32)c1. The molecule has 2 aliphatic rings. The van der Waals surface area contributed by atoms with Gasteiger partial charge in [-0.25, -0.2) is 4.79 Å². The molecule has 0 radical (unpaired) electrons. The van der Waals surface area contributed by atoms with Crippen molar-refractivity contribution < 1.29 is 9.53 Å². The second-order valence-corrected chi connectivity index (χ2v) is 4.69. The van der Waals surface area contributed by atoms with Gasteiger partial charge in [-0.15, -0.1) is 0 Å². The van der Waals surface area contributed by atoms with E-state index in [4.69, 9.17) is 4.74 Å². The molecule has 0 saturated carbocycles. The van der Waals surface area contributed by atoms with E-state index in [2.05, 4.69) is 5.32 Å². The van der Waals surface area contributed by atoms with Crippen LogP contribution in [0.25, 0.3) is 0 Å². The largest absolute Gasteiger partial charge is 0.444 e. The van der Waals surface area contributed by atoms with Gasteiger partial charge in [-0.1, -0.05) is 12.1 Å². The molecule has 4 nitrogen and oxygen atoms in total. The normalized spacial score (nSPS) is 27.8. The molecule has 2 atom stereocenters. The highest BCUT2D eigenvalue weighted by atomic mass is 16.6. The van der Waals surface area contributed by atoms with Gasteiger partial charge in [0.1, 0.15) is 6.10 Å². The minimum atomic E-state index is -0.214. The highest BCUT2D eigenvalue weighted by molar-refractivity contribution is 5.91. The van der Waals surface area contributed by atoms with Gasteiger partial charge in [0.2, 0.25) is 0 Å². The quantitative estimate of drug-likeness (QED) is 0.801. The molecule has 3 rings (SSSR count). The minimum Gasteiger partial charge on any atom is -0.444 e. The van der Waals surface area contributed by atoms with E-state index in [9.17, 15) is 4.79 Å². The first-order valence-electron chi connectivity index (χ1n) is 6.03. The minimum absolute atomic E-state index is 0.0456. The predicted molar refractivity (Wildman–Crippen MR) is 65.2 cm³/mol. The van der Waals surface area contributed by atoms with Crippen LogP contribution in [0, 0.1) is 6.92 Å². The molecular weight excluding hydrogens is 216 g/mol. The molecule has 0 bridgehead atoms. The first-order chi connectivity index (χ1) is 8.25. The van der Waals surface area contributed by atoms with E-state index in [-0.39, 0.29) is 18.2 Å². The van der Waals surface area contributed by atoms with E-state index < -0.39 is 0 Å². The molecule has 2 aliphatic heterocycles. The van der Waals surface area contributed by atoms with Gasteiger partial charge < -0.3 is 10.1 Å². The summed E-state index contributed by atoms with van der Waals surface area (Å²) in [7, 11) is 0. The van der Waals surface area contributed by atoms with Gasteiger partial charge in [0, 0.05) is 12.2 Å². The van der Waals surface area contributed by atoms with Crippen LogP contribution in [0.5, 0.6) is 0 Å². The number of hydrogen-bond donors (Lipinski definition) is 1. The summed E-state index contributed by atoms with van der Waals surface area (Å²) in [5, 5.41) is 3.32. The summed E-state index contributed by atoms with van der Waals surface area (Å²) in [6.07, 6.45) is 0.734. The molecule has 0 aliphatic carbocycles.